The standard InChI is InChI=1S/C11H8F3NO5S/c12-11(13,14)21(18,19)20-10-4-2-7-1-3-9(15(16)17)5-8(7)6-10/h1,3,5-6H,2,4H2. The monoisotopic (exact) mass is 323 g/mol. The van der Waals surface area contributed by atoms with Crippen LogP contribution >= 0.6 is 0 Å². The van der Waals surface area contributed by atoms with Crippen LogP contribution in [0.4, 0.5) is 18.9 Å². The van der Waals surface area contributed by atoms with E-state index in [0.29, 0.717) is 5.56 Å². The van der Waals surface area contributed by atoms with E-state index >= 15 is 0 Å². The number of nitro benzene ring substituents is 1. The molecule has 0 aliphatic heterocycles. The Morgan fingerprint density at radius 1 is 1.24 bits per heavy atom. The minimum absolute atomic E-state index is 0.0415. The summed E-state index contributed by atoms with van der Waals surface area (Å²) in [7, 11) is -5.73. The van der Waals surface area contributed by atoms with Gasteiger partial charge in [-0.3, -0.25) is 10.1 Å². The fraction of sp³-hybridized carbons (Fsp3) is 0.273. The second-order valence-corrected chi connectivity index (χ2v) is 5.77. The van der Waals surface area contributed by atoms with E-state index in [9.17, 15) is 31.7 Å². The first-order chi connectivity index (χ1) is 9.60. The zero-order valence-corrected chi connectivity index (χ0v) is 11.1. The van der Waals surface area contributed by atoms with Crippen LogP contribution in [0, 0.1) is 10.1 Å². The van der Waals surface area contributed by atoms with Gasteiger partial charge in [-0.15, -0.1) is 0 Å². The Bertz CT molecular complexity index is 724. The summed E-state index contributed by atoms with van der Waals surface area (Å²) < 4.78 is 62.5. The first kappa shape index (κ1) is 15.3. The van der Waals surface area contributed by atoms with Crippen molar-refractivity contribution in [2.24, 2.45) is 0 Å². The maximum absolute atomic E-state index is 12.2. The maximum atomic E-state index is 12.2. The number of alkyl halides is 3. The molecule has 0 amide bonds. The van der Waals surface area contributed by atoms with E-state index in [0.717, 1.165) is 12.1 Å². The lowest BCUT2D eigenvalue weighted by atomic mass is 9.96. The molecule has 0 atom stereocenters. The molecule has 0 unspecified atom stereocenters. The van der Waals surface area contributed by atoms with Crippen molar-refractivity contribution in [1.82, 2.24) is 0 Å². The average Bonchev–Trinajstić information content (AvgIpc) is 2.36. The van der Waals surface area contributed by atoms with Gasteiger partial charge in [0.05, 0.1) is 4.92 Å². The number of aryl methyl sites for hydroxylation is 1. The number of nitrogens with zero attached hydrogens (tertiary/aromatic N) is 1. The second-order valence-electron chi connectivity index (χ2n) is 4.23. The topological polar surface area (TPSA) is 86.5 Å². The van der Waals surface area contributed by atoms with Crippen molar-refractivity contribution in [3.05, 3.63) is 45.2 Å². The van der Waals surface area contributed by atoms with E-state index in [2.05, 4.69) is 4.18 Å². The molecule has 0 fully saturated rings. The van der Waals surface area contributed by atoms with Crippen LogP contribution in [-0.4, -0.2) is 18.8 Å². The van der Waals surface area contributed by atoms with E-state index in [1.807, 2.05) is 0 Å². The Hall–Kier alpha value is -2.10. The van der Waals surface area contributed by atoms with Crippen molar-refractivity contribution in [2.45, 2.75) is 18.3 Å². The van der Waals surface area contributed by atoms with Gasteiger partial charge in [0, 0.05) is 18.6 Å². The minimum Gasteiger partial charge on any atom is -0.381 e. The molecule has 0 aromatic heterocycles. The van der Waals surface area contributed by atoms with Crippen molar-refractivity contribution in [3.63, 3.8) is 0 Å². The molecule has 0 bridgehead atoms. The fourth-order valence-electron chi connectivity index (χ4n) is 1.82. The molecule has 1 aromatic rings. The molecule has 114 valence electrons. The van der Waals surface area contributed by atoms with Gasteiger partial charge < -0.3 is 4.18 Å². The van der Waals surface area contributed by atoms with Gasteiger partial charge in [-0.1, -0.05) is 6.07 Å². The van der Waals surface area contributed by atoms with Crippen LogP contribution in [0.3, 0.4) is 0 Å². The predicted octanol–water partition coefficient (Wildman–Crippen LogP) is 2.75. The normalized spacial score (nSPS) is 15.1. The Labute approximate surface area is 117 Å². The van der Waals surface area contributed by atoms with Crippen LogP contribution < -0.4 is 0 Å². The number of allylic oxidation sites excluding steroid dienone is 1. The average molecular weight is 323 g/mol. The number of nitro groups is 1. The number of non-ortho nitro benzene ring substituents is 1. The number of rotatable bonds is 3. The highest BCUT2D eigenvalue weighted by Crippen LogP contribution is 2.32. The van der Waals surface area contributed by atoms with Gasteiger partial charge >= 0.3 is 15.6 Å². The smallest absolute Gasteiger partial charge is 0.381 e. The lowest BCUT2D eigenvalue weighted by molar-refractivity contribution is -0.384. The Balaban J connectivity index is 2.34. The highest BCUT2D eigenvalue weighted by Gasteiger charge is 2.48. The SMILES string of the molecule is O=[N+]([O-])c1ccc2c(c1)C=C(OS(=O)(=O)C(F)(F)F)CC2. The molecule has 10 heteroatoms. The van der Waals surface area contributed by atoms with Gasteiger partial charge in [-0.25, -0.2) is 0 Å². The van der Waals surface area contributed by atoms with Crippen molar-refractivity contribution < 1.29 is 30.7 Å². The third kappa shape index (κ3) is 3.15. The van der Waals surface area contributed by atoms with Gasteiger partial charge in [0.2, 0.25) is 0 Å². The molecule has 2 rings (SSSR count). The van der Waals surface area contributed by atoms with Crippen LogP contribution in [0.2, 0.25) is 0 Å². The molecule has 6 nitrogen and oxygen atoms in total. The Morgan fingerprint density at radius 2 is 1.90 bits per heavy atom. The van der Waals surface area contributed by atoms with E-state index in [1.165, 1.54) is 12.1 Å². The summed E-state index contributed by atoms with van der Waals surface area (Å²) in [5.41, 5.74) is -4.83. The summed E-state index contributed by atoms with van der Waals surface area (Å²) in [6.07, 6.45) is 1.25. The van der Waals surface area contributed by atoms with Crippen molar-refractivity contribution >= 4 is 21.9 Å². The van der Waals surface area contributed by atoms with Crippen LogP contribution in [0.25, 0.3) is 6.08 Å². The van der Waals surface area contributed by atoms with Crippen molar-refractivity contribution in [1.29, 1.82) is 0 Å². The molecule has 1 aliphatic carbocycles. The summed E-state index contributed by atoms with van der Waals surface area (Å²) in [6.45, 7) is 0. The van der Waals surface area contributed by atoms with Gasteiger partial charge in [0.15, 0.2) is 0 Å². The third-order valence-electron chi connectivity index (χ3n) is 2.80. The van der Waals surface area contributed by atoms with E-state index in [-0.39, 0.29) is 24.1 Å². The van der Waals surface area contributed by atoms with Crippen LogP contribution in [0.5, 0.6) is 0 Å². The summed E-state index contributed by atoms with van der Waals surface area (Å²) in [5, 5.41) is 10.6. The van der Waals surface area contributed by atoms with Crippen molar-refractivity contribution in [3.8, 4) is 0 Å². The molecule has 0 saturated heterocycles. The number of hydrogen-bond donors (Lipinski definition) is 0. The molecule has 1 aliphatic rings. The first-order valence-electron chi connectivity index (χ1n) is 5.59. The Kier molecular flexibility index (Phi) is 3.66. The molecule has 1 aromatic carbocycles. The number of halogens is 3. The number of fused-ring (bicyclic) bond motifs is 1. The van der Waals surface area contributed by atoms with Gasteiger partial charge in [0.1, 0.15) is 5.76 Å². The molecule has 0 spiro atoms. The van der Waals surface area contributed by atoms with Crippen LogP contribution in [0.15, 0.2) is 24.0 Å². The molecule has 0 N–H and O–H groups in total. The molecule has 0 heterocycles. The zero-order valence-electron chi connectivity index (χ0n) is 10.3. The van der Waals surface area contributed by atoms with Crippen LogP contribution in [-0.2, 0) is 20.7 Å². The molecular formula is C11H8F3NO5S. The lowest BCUT2D eigenvalue weighted by Gasteiger charge is -2.17. The molecular weight excluding hydrogens is 315 g/mol. The molecule has 21 heavy (non-hydrogen) atoms. The van der Waals surface area contributed by atoms with E-state index < -0.39 is 26.3 Å². The highest BCUT2D eigenvalue weighted by atomic mass is 32.2. The fourth-order valence-corrected chi connectivity index (χ4v) is 2.32. The zero-order chi connectivity index (χ0) is 15.8. The molecule has 0 saturated carbocycles. The Morgan fingerprint density at radius 3 is 2.48 bits per heavy atom. The van der Waals surface area contributed by atoms with Gasteiger partial charge in [-0.2, -0.15) is 21.6 Å². The first-order valence-corrected chi connectivity index (χ1v) is 6.99. The number of benzene rings is 1. The van der Waals surface area contributed by atoms with Gasteiger partial charge in [-0.05, 0) is 23.6 Å². The van der Waals surface area contributed by atoms with Crippen molar-refractivity contribution in [2.75, 3.05) is 0 Å². The van der Waals surface area contributed by atoms with E-state index in [1.54, 1.807) is 0 Å². The summed E-state index contributed by atoms with van der Waals surface area (Å²) >= 11 is 0. The summed E-state index contributed by atoms with van der Waals surface area (Å²) in [6, 6.07) is 3.89. The third-order valence-corrected chi connectivity index (χ3v) is 3.80. The van der Waals surface area contributed by atoms with E-state index in [4.69, 9.17) is 0 Å². The molecule has 0 radical (unpaired) electrons. The second kappa shape index (κ2) is 5.02. The quantitative estimate of drug-likeness (QED) is 0.369. The summed E-state index contributed by atoms with van der Waals surface area (Å²) in [4.78, 5) is 9.98. The minimum atomic E-state index is -5.73. The number of hydrogen-bond acceptors (Lipinski definition) is 5. The highest BCUT2D eigenvalue weighted by molar-refractivity contribution is 7.87. The maximum Gasteiger partial charge on any atom is 0.534 e. The summed E-state index contributed by atoms with van der Waals surface area (Å²) in [5.74, 6) is -0.402. The van der Waals surface area contributed by atoms with Crippen LogP contribution in [0.1, 0.15) is 17.5 Å². The van der Waals surface area contributed by atoms with Gasteiger partial charge in [0.25, 0.3) is 5.69 Å². The predicted molar refractivity (Wildman–Crippen MR) is 65.5 cm³/mol. The largest absolute Gasteiger partial charge is 0.534 e. The lowest BCUT2D eigenvalue weighted by Crippen LogP contribution is -2.25.